The van der Waals surface area contributed by atoms with Gasteiger partial charge >= 0.3 is 0 Å². The van der Waals surface area contributed by atoms with E-state index in [9.17, 15) is 17.6 Å². The smallest absolute Gasteiger partial charge is 0.224 e. The molecule has 122 valence electrons. The highest BCUT2D eigenvalue weighted by atomic mass is 79.9. The molecular formula is C13H17BrFN3O3S. The van der Waals surface area contributed by atoms with Crippen molar-refractivity contribution in [3.8, 4) is 0 Å². The number of pyridine rings is 1. The van der Waals surface area contributed by atoms with Crippen molar-refractivity contribution in [2.24, 2.45) is 11.1 Å². The van der Waals surface area contributed by atoms with Crippen LogP contribution >= 0.6 is 15.9 Å². The first-order valence-electron chi connectivity index (χ1n) is 6.68. The van der Waals surface area contributed by atoms with Gasteiger partial charge in [-0.3, -0.25) is 4.79 Å². The molecule has 9 heteroatoms. The zero-order valence-corrected chi connectivity index (χ0v) is 14.4. The van der Waals surface area contributed by atoms with E-state index in [-0.39, 0.29) is 18.9 Å². The van der Waals surface area contributed by atoms with Crippen molar-refractivity contribution in [1.82, 2.24) is 9.71 Å². The number of nitrogens with zero attached hydrogens (tertiary/aromatic N) is 1. The van der Waals surface area contributed by atoms with Crippen molar-refractivity contribution >= 4 is 31.9 Å². The Bertz CT molecular complexity index is 698. The van der Waals surface area contributed by atoms with Gasteiger partial charge < -0.3 is 5.73 Å². The van der Waals surface area contributed by atoms with Gasteiger partial charge in [-0.2, -0.15) is 0 Å². The number of primary amides is 1. The second kappa shape index (κ2) is 6.21. The molecule has 1 aromatic rings. The van der Waals surface area contributed by atoms with E-state index in [2.05, 4.69) is 25.6 Å². The molecule has 6 nitrogen and oxygen atoms in total. The predicted octanol–water partition coefficient (Wildman–Crippen LogP) is 1.10. The number of halogens is 2. The molecule has 0 bridgehead atoms. The van der Waals surface area contributed by atoms with Gasteiger partial charge in [-0.15, -0.1) is 0 Å². The van der Waals surface area contributed by atoms with Crippen LogP contribution in [-0.4, -0.2) is 31.6 Å². The summed E-state index contributed by atoms with van der Waals surface area (Å²) < 4.78 is 39.5. The number of hydrogen-bond donors (Lipinski definition) is 2. The van der Waals surface area contributed by atoms with Crippen molar-refractivity contribution in [3.05, 3.63) is 28.2 Å². The highest BCUT2D eigenvalue weighted by molar-refractivity contribution is 9.10. The molecular weight excluding hydrogens is 377 g/mol. The molecule has 1 fully saturated rings. The average Bonchev–Trinajstić information content (AvgIpc) is 2.76. The molecule has 0 unspecified atom stereocenters. The molecule has 2 atom stereocenters. The van der Waals surface area contributed by atoms with Gasteiger partial charge in [0.25, 0.3) is 0 Å². The Morgan fingerprint density at radius 2 is 2.32 bits per heavy atom. The molecule has 0 saturated heterocycles. The van der Waals surface area contributed by atoms with Crippen molar-refractivity contribution < 1.29 is 17.6 Å². The highest BCUT2D eigenvalue weighted by Crippen LogP contribution is 2.41. The van der Waals surface area contributed by atoms with Crippen molar-refractivity contribution in [2.75, 3.05) is 6.26 Å². The number of sulfonamides is 1. The maximum absolute atomic E-state index is 13.9. The number of amides is 1. The number of hydrogen-bond acceptors (Lipinski definition) is 4. The van der Waals surface area contributed by atoms with Crippen LogP contribution in [0.5, 0.6) is 0 Å². The van der Waals surface area contributed by atoms with Crippen LogP contribution in [0.15, 0.2) is 16.9 Å². The van der Waals surface area contributed by atoms with Crippen LogP contribution in [0.25, 0.3) is 0 Å². The largest absolute Gasteiger partial charge is 0.369 e. The first-order valence-corrected chi connectivity index (χ1v) is 9.37. The second-order valence-corrected chi connectivity index (χ2v) is 8.34. The third-order valence-corrected chi connectivity index (χ3v) is 5.14. The Hall–Kier alpha value is -1.06. The summed E-state index contributed by atoms with van der Waals surface area (Å²) in [6.45, 7) is 0. The number of nitrogens with one attached hydrogen (secondary N) is 1. The fourth-order valence-corrected chi connectivity index (χ4v) is 4.14. The van der Waals surface area contributed by atoms with Crippen LogP contribution in [0, 0.1) is 11.2 Å². The topological polar surface area (TPSA) is 102 Å². The first-order chi connectivity index (χ1) is 10.1. The minimum Gasteiger partial charge on any atom is -0.369 e. The molecule has 1 saturated carbocycles. The third kappa shape index (κ3) is 4.02. The molecule has 22 heavy (non-hydrogen) atoms. The lowest BCUT2D eigenvalue weighted by Crippen LogP contribution is -2.40. The quantitative estimate of drug-likeness (QED) is 0.730. The zero-order valence-electron chi connectivity index (χ0n) is 12.0. The van der Waals surface area contributed by atoms with Crippen LogP contribution in [0.4, 0.5) is 4.39 Å². The zero-order chi connectivity index (χ0) is 16.5. The third-order valence-electron chi connectivity index (χ3n) is 3.94. The van der Waals surface area contributed by atoms with Gasteiger partial charge in [0.1, 0.15) is 10.4 Å². The molecule has 0 aromatic carbocycles. The summed E-state index contributed by atoms with van der Waals surface area (Å²) in [4.78, 5) is 15.7. The standard InChI is InChI=1S/C13H17BrFN3O3S/c1-22(20,21)18-9-2-3-13(6-9,12(16)19)5-8-4-11(14)17-7-10(8)15/h4,7,9,18H,2-3,5-6H2,1H3,(H2,16,19)/t9-,13+/m0/s1. The van der Waals surface area contributed by atoms with Crippen LogP contribution in [0.3, 0.4) is 0 Å². The molecule has 1 aromatic heterocycles. The Kier molecular flexibility index (Phi) is 4.88. The van der Waals surface area contributed by atoms with Gasteiger partial charge in [0, 0.05) is 6.04 Å². The SMILES string of the molecule is CS(=O)(=O)N[C@H]1CC[C@](Cc2cc(Br)ncc2F)(C(N)=O)C1. The molecule has 1 aliphatic carbocycles. The fourth-order valence-electron chi connectivity index (χ4n) is 2.95. The van der Waals surface area contributed by atoms with Gasteiger partial charge in [0.15, 0.2) is 0 Å². The minimum absolute atomic E-state index is 0.122. The lowest BCUT2D eigenvalue weighted by atomic mass is 9.79. The monoisotopic (exact) mass is 393 g/mol. The van der Waals surface area contributed by atoms with E-state index in [4.69, 9.17) is 5.73 Å². The van der Waals surface area contributed by atoms with Crippen LogP contribution < -0.4 is 10.5 Å². The molecule has 0 radical (unpaired) electrons. The molecule has 1 aliphatic rings. The molecule has 3 N–H and O–H groups in total. The van der Waals surface area contributed by atoms with E-state index in [0.29, 0.717) is 23.0 Å². The van der Waals surface area contributed by atoms with Gasteiger partial charge in [-0.1, -0.05) is 0 Å². The van der Waals surface area contributed by atoms with Crippen molar-refractivity contribution in [1.29, 1.82) is 0 Å². The summed E-state index contributed by atoms with van der Waals surface area (Å²) in [5.74, 6) is -1.05. The molecule has 1 heterocycles. The maximum atomic E-state index is 13.9. The summed E-state index contributed by atoms with van der Waals surface area (Å²) >= 11 is 3.17. The fraction of sp³-hybridized carbons (Fsp3) is 0.538. The van der Waals surface area contributed by atoms with Crippen LogP contribution in [0.1, 0.15) is 24.8 Å². The van der Waals surface area contributed by atoms with E-state index >= 15 is 0 Å². The predicted molar refractivity (Wildman–Crippen MR) is 82.8 cm³/mol. The second-order valence-electron chi connectivity index (χ2n) is 5.75. The van der Waals surface area contributed by atoms with Crippen LogP contribution in [0.2, 0.25) is 0 Å². The molecule has 2 rings (SSSR count). The normalized spacial score (nSPS) is 25.3. The van der Waals surface area contributed by atoms with E-state index in [1.807, 2.05) is 0 Å². The lowest BCUT2D eigenvalue weighted by molar-refractivity contribution is -0.127. The molecule has 1 amide bonds. The van der Waals surface area contributed by atoms with Gasteiger partial charge in [0.05, 0.1) is 17.9 Å². The summed E-state index contributed by atoms with van der Waals surface area (Å²) in [6.07, 6.45) is 3.43. The van der Waals surface area contributed by atoms with E-state index in [1.54, 1.807) is 0 Å². The maximum Gasteiger partial charge on any atom is 0.224 e. The summed E-state index contributed by atoms with van der Waals surface area (Å²) in [7, 11) is -3.36. The Labute approximate surface area is 136 Å². The lowest BCUT2D eigenvalue weighted by Gasteiger charge is -2.26. The Morgan fingerprint density at radius 1 is 1.64 bits per heavy atom. The summed E-state index contributed by atoms with van der Waals surface area (Å²) in [6, 6.07) is 1.15. The number of carbonyl (C=O) groups excluding carboxylic acids is 1. The van der Waals surface area contributed by atoms with Crippen molar-refractivity contribution in [3.63, 3.8) is 0 Å². The summed E-state index contributed by atoms with van der Waals surface area (Å²) in [5, 5.41) is 0. The van der Waals surface area contributed by atoms with Gasteiger partial charge in [0.2, 0.25) is 15.9 Å². The van der Waals surface area contributed by atoms with Crippen LogP contribution in [-0.2, 0) is 21.2 Å². The number of nitrogens with two attached hydrogens (primary N) is 1. The van der Waals surface area contributed by atoms with E-state index < -0.39 is 27.2 Å². The number of carbonyl (C=O) groups is 1. The van der Waals surface area contributed by atoms with E-state index in [1.165, 1.54) is 6.07 Å². The molecule has 0 aliphatic heterocycles. The van der Waals surface area contributed by atoms with E-state index in [0.717, 1.165) is 12.5 Å². The highest BCUT2D eigenvalue weighted by Gasteiger charge is 2.45. The van der Waals surface area contributed by atoms with Gasteiger partial charge in [-0.25, -0.2) is 22.5 Å². The summed E-state index contributed by atoms with van der Waals surface area (Å²) in [5.41, 5.74) is 4.91. The average molecular weight is 394 g/mol. The van der Waals surface area contributed by atoms with Crippen molar-refractivity contribution in [2.45, 2.75) is 31.7 Å². The number of rotatable bonds is 5. The van der Waals surface area contributed by atoms with Gasteiger partial charge in [-0.05, 0) is 53.2 Å². The Balaban J connectivity index is 2.24. The Morgan fingerprint density at radius 3 is 2.91 bits per heavy atom. The molecule has 0 spiro atoms. The first kappa shape index (κ1) is 17.3. The minimum atomic E-state index is -3.36. The number of aromatic nitrogens is 1.